The zero-order chi connectivity index (χ0) is 18.4. The number of nitrogens with two attached hydrogens (primary N) is 1. The number of hydrogen-bond donors (Lipinski definition) is 3. The summed E-state index contributed by atoms with van der Waals surface area (Å²) in [6, 6.07) is 6.54. The van der Waals surface area contributed by atoms with Crippen LogP contribution in [0.25, 0.3) is 10.9 Å². The van der Waals surface area contributed by atoms with Crippen LogP contribution in [-0.2, 0) is 6.42 Å². The summed E-state index contributed by atoms with van der Waals surface area (Å²) in [6.07, 6.45) is 8.20. The Balaban J connectivity index is 0.00000261. The molecule has 150 valence electrons. The van der Waals surface area contributed by atoms with Crippen LogP contribution in [0.5, 0.6) is 11.5 Å². The lowest BCUT2D eigenvalue weighted by Gasteiger charge is -2.23. The van der Waals surface area contributed by atoms with E-state index in [1.807, 2.05) is 12.1 Å². The third-order valence-electron chi connectivity index (χ3n) is 5.03. The van der Waals surface area contributed by atoms with Crippen molar-refractivity contribution in [3.8, 4) is 11.5 Å². The number of hydrogen-bond acceptors (Lipinski definition) is 3. The van der Waals surface area contributed by atoms with Gasteiger partial charge in [0.15, 0.2) is 5.96 Å². The van der Waals surface area contributed by atoms with E-state index in [0.717, 1.165) is 41.8 Å². The molecule has 1 aliphatic carbocycles. The van der Waals surface area contributed by atoms with Gasteiger partial charge < -0.3 is 25.5 Å². The fourth-order valence-corrected chi connectivity index (χ4v) is 3.63. The summed E-state index contributed by atoms with van der Waals surface area (Å²) in [5, 5.41) is 4.43. The maximum atomic E-state index is 6.02. The number of guanidine groups is 1. The van der Waals surface area contributed by atoms with Crippen molar-refractivity contribution < 1.29 is 9.47 Å². The number of aryl methyl sites for hydroxylation is 1. The van der Waals surface area contributed by atoms with Gasteiger partial charge in [0.25, 0.3) is 0 Å². The van der Waals surface area contributed by atoms with Crippen LogP contribution in [0.2, 0.25) is 0 Å². The van der Waals surface area contributed by atoms with Crippen molar-refractivity contribution in [2.45, 2.75) is 51.0 Å². The Hall–Kier alpha value is -1.64. The van der Waals surface area contributed by atoms with E-state index in [1.165, 1.54) is 37.8 Å². The lowest BCUT2D eigenvalue weighted by molar-refractivity contribution is 0.398. The average molecular weight is 486 g/mol. The van der Waals surface area contributed by atoms with Gasteiger partial charge in [-0.15, -0.1) is 24.0 Å². The molecule has 0 unspecified atom stereocenters. The molecule has 0 amide bonds. The van der Waals surface area contributed by atoms with E-state index in [4.69, 9.17) is 15.2 Å². The molecule has 1 fully saturated rings. The first kappa shape index (κ1) is 21.7. The van der Waals surface area contributed by atoms with Gasteiger partial charge in [0.1, 0.15) is 11.5 Å². The van der Waals surface area contributed by atoms with Crippen LogP contribution in [0, 0.1) is 0 Å². The highest BCUT2D eigenvalue weighted by atomic mass is 127. The highest BCUT2D eigenvalue weighted by Crippen LogP contribution is 2.31. The number of methoxy groups -OCH3 is 2. The Morgan fingerprint density at radius 1 is 1.19 bits per heavy atom. The van der Waals surface area contributed by atoms with Crippen LogP contribution >= 0.6 is 24.0 Å². The van der Waals surface area contributed by atoms with E-state index < -0.39 is 0 Å². The quantitative estimate of drug-likeness (QED) is 0.239. The van der Waals surface area contributed by atoms with Crippen LogP contribution in [0.1, 0.15) is 44.2 Å². The number of benzene rings is 1. The van der Waals surface area contributed by atoms with Crippen LogP contribution in [0.3, 0.4) is 0 Å². The number of aromatic nitrogens is 1. The van der Waals surface area contributed by atoms with Crippen molar-refractivity contribution in [1.29, 1.82) is 0 Å². The SMILES string of the molecule is COc1cc(OC)c2cc(CCCN=C(N)NC3CCCCC3)[nH]c2c1.I. The number of fused-ring (bicyclic) bond motifs is 1. The average Bonchev–Trinajstić information content (AvgIpc) is 3.08. The summed E-state index contributed by atoms with van der Waals surface area (Å²) in [6.45, 7) is 0.724. The molecule has 6 nitrogen and oxygen atoms in total. The van der Waals surface area contributed by atoms with Crippen molar-refractivity contribution in [1.82, 2.24) is 10.3 Å². The third-order valence-corrected chi connectivity index (χ3v) is 5.03. The monoisotopic (exact) mass is 486 g/mol. The van der Waals surface area contributed by atoms with Crippen molar-refractivity contribution in [3.63, 3.8) is 0 Å². The first-order valence-electron chi connectivity index (χ1n) is 9.49. The summed E-state index contributed by atoms with van der Waals surface area (Å²) in [4.78, 5) is 7.92. The molecule has 1 aromatic heterocycles. The lowest BCUT2D eigenvalue weighted by atomic mass is 9.96. The zero-order valence-corrected chi connectivity index (χ0v) is 18.5. The smallest absolute Gasteiger partial charge is 0.188 e. The molecular formula is C20H31IN4O2. The summed E-state index contributed by atoms with van der Waals surface area (Å²) < 4.78 is 10.8. The van der Waals surface area contributed by atoms with Crippen LogP contribution in [0.15, 0.2) is 23.2 Å². The normalized spacial score (nSPS) is 15.4. The van der Waals surface area contributed by atoms with Crippen LogP contribution in [-0.4, -0.2) is 37.7 Å². The predicted molar refractivity (Wildman–Crippen MR) is 122 cm³/mol. The molecule has 3 rings (SSSR count). The minimum absolute atomic E-state index is 0. The second-order valence-electron chi connectivity index (χ2n) is 6.94. The maximum Gasteiger partial charge on any atom is 0.188 e. The molecule has 1 saturated carbocycles. The minimum atomic E-state index is 0. The summed E-state index contributed by atoms with van der Waals surface area (Å²) in [5.74, 6) is 2.19. The summed E-state index contributed by atoms with van der Waals surface area (Å²) in [7, 11) is 3.34. The van der Waals surface area contributed by atoms with E-state index >= 15 is 0 Å². The Bertz CT molecular complexity index is 754. The zero-order valence-electron chi connectivity index (χ0n) is 16.2. The summed E-state index contributed by atoms with van der Waals surface area (Å²) in [5.41, 5.74) is 8.21. The maximum absolute atomic E-state index is 6.02. The molecule has 27 heavy (non-hydrogen) atoms. The lowest BCUT2D eigenvalue weighted by Crippen LogP contribution is -2.41. The molecule has 1 heterocycles. The first-order chi connectivity index (χ1) is 12.7. The van der Waals surface area contributed by atoms with Crippen molar-refractivity contribution >= 4 is 40.8 Å². The highest BCUT2D eigenvalue weighted by Gasteiger charge is 2.13. The predicted octanol–water partition coefficient (Wildman–Crippen LogP) is 3.97. The third kappa shape index (κ3) is 5.92. The topological polar surface area (TPSA) is 84.7 Å². The van der Waals surface area contributed by atoms with Gasteiger partial charge in [-0.05, 0) is 31.7 Å². The van der Waals surface area contributed by atoms with Gasteiger partial charge in [-0.2, -0.15) is 0 Å². The molecular weight excluding hydrogens is 455 g/mol. The molecule has 0 aliphatic heterocycles. The molecule has 0 saturated heterocycles. The van der Waals surface area contributed by atoms with E-state index in [0.29, 0.717) is 12.0 Å². The van der Waals surface area contributed by atoms with E-state index in [1.54, 1.807) is 14.2 Å². The number of nitrogens with zero attached hydrogens (tertiary/aromatic N) is 1. The molecule has 1 aliphatic rings. The van der Waals surface area contributed by atoms with Gasteiger partial charge in [-0.3, -0.25) is 4.99 Å². The fraction of sp³-hybridized carbons (Fsp3) is 0.550. The number of nitrogens with one attached hydrogen (secondary N) is 2. The number of aliphatic imine (C=N–C) groups is 1. The summed E-state index contributed by atoms with van der Waals surface area (Å²) >= 11 is 0. The van der Waals surface area contributed by atoms with Gasteiger partial charge in [0.2, 0.25) is 0 Å². The Labute approximate surface area is 178 Å². The van der Waals surface area contributed by atoms with E-state index in [9.17, 15) is 0 Å². The minimum Gasteiger partial charge on any atom is -0.497 e. The molecule has 0 radical (unpaired) electrons. The van der Waals surface area contributed by atoms with Crippen molar-refractivity contribution in [2.24, 2.45) is 10.7 Å². The van der Waals surface area contributed by atoms with Crippen LogP contribution in [0.4, 0.5) is 0 Å². The largest absolute Gasteiger partial charge is 0.497 e. The van der Waals surface area contributed by atoms with Crippen molar-refractivity contribution in [2.75, 3.05) is 20.8 Å². The molecule has 0 bridgehead atoms. The second kappa shape index (κ2) is 10.6. The van der Waals surface area contributed by atoms with Gasteiger partial charge in [0.05, 0.1) is 19.7 Å². The number of ether oxygens (including phenoxy) is 2. The number of H-pyrrole nitrogens is 1. The highest BCUT2D eigenvalue weighted by molar-refractivity contribution is 14.0. The standard InChI is InChI=1S/C20H30N4O2.HI/c1-25-16-12-18-17(19(13-16)26-2)11-15(23-18)9-6-10-22-20(21)24-14-7-4-3-5-8-14;/h11-14,23H,3-10H2,1-2H3,(H3,21,22,24);1H. The Morgan fingerprint density at radius 3 is 2.67 bits per heavy atom. The Morgan fingerprint density at radius 2 is 1.96 bits per heavy atom. The van der Waals surface area contributed by atoms with Crippen molar-refractivity contribution in [3.05, 3.63) is 23.9 Å². The van der Waals surface area contributed by atoms with Gasteiger partial charge in [-0.25, -0.2) is 0 Å². The van der Waals surface area contributed by atoms with Gasteiger partial charge >= 0.3 is 0 Å². The fourth-order valence-electron chi connectivity index (χ4n) is 3.63. The molecule has 7 heteroatoms. The van der Waals surface area contributed by atoms with E-state index in [2.05, 4.69) is 21.4 Å². The molecule has 0 spiro atoms. The van der Waals surface area contributed by atoms with E-state index in [-0.39, 0.29) is 24.0 Å². The van der Waals surface area contributed by atoms with Gasteiger partial charge in [0, 0.05) is 35.8 Å². The number of rotatable bonds is 7. The molecule has 1 aromatic carbocycles. The Kier molecular flexibility index (Phi) is 8.53. The second-order valence-corrected chi connectivity index (χ2v) is 6.94. The first-order valence-corrected chi connectivity index (χ1v) is 9.49. The molecule has 2 aromatic rings. The van der Waals surface area contributed by atoms with Gasteiger partial charge in [-0.1, -0.05) is 19.3 Å². The molecule has 0 atom stereocenters. The number of halogens is 1. The number of aromatic amines is 1. The van der Waals surface area contributed by atoms with Crippen LogP contribution < -0.4 is 20.5 Å². The molecule has 4 N–H and O–H groups in total.